The molecule has 0 saturated carbocycles. The number of aryl methyl sites for hydroxylation is 1. The predicted octanol–water partition coefficient (Wildman–Crippen LogP) is 1.85. The van der Waals surface area contributed by atoms with E-state index < -0.39 is 6.10 Å². The molecule has 0 radical (unpaired) electrons. The van der Waals surface area contributed by atoms with Gasteiger partial charge in [0.2, 0.25) is 5.88 Å². The third kappa shape index (κ3) is 6.40. The number of hydrogen-bond donors (Lipinski definition) is 2. The molecule has 0 aliphatic heterocycles. The number of aliphatic hydroxyl groups is 1. The molecule has 0 spiro atoms. The number of rotatable bonds is 9. The number of hydrogen-bond acceptors (Lipinski definition) is 6. The van der Waals surface area contributed by atoms with Gasteiger partial charge in [0.1, 0.15) is 25.1 Å². The van der Waals surface area contributed by atoms with Crippen molar-refractivity contribution in [2.45, 2.75) is 13.0 Å². The van der Waals surface area contributed by atoms with Gasteiger partial charge in [0, 0.05) is 19.2 Å². The lowest BCUT2D eigenvalue weighted by atomic mass is 10.2. The van der Waals surface area contributed by atoms with Crippen molar-refractivity contribution < 1.29 is 14.6 Å². The Kier molecular flexibility index (Phi) is 7.06. The molecular weight excluding hydrogens is 318 g/mol. The summed E-state index contributed by atoms with van der Waals surface area (Å²) >= 11 is 5.63. The minimum atomic E-state index is -0.593. The van der Waals surface area contributed by atoms with Crippen LogP contribution in [0.4, 0.5) is 0 Å². The normalized spacial score (nSPS) is 12.0. The molecule has 7 heteroatoms. The van der Waals surface area contributed by atoms with E-state index in [9.17, 15) is 5.11 Å². The number of nitrogens with zero attached hydrogens (tertiary/aromatic N) is 2. The van der Waals surface area contributed by atoms with Crippen LogP contribution >= 0.6 is 11.6 Å². The Balaban J connectivity index is 1.57. The molecule has 1 unspecified atom stereocenters. The van der Waals surface area contributed by atoms with Crippen molar-refractivity contribution in [3.05, 3.63) is 47.1 Å². The molecule has 2 N–H and O–H groups in total. The number of benzene rings is 1. The Bertz CT molecular complexity index is 595. The van der Waals surface area contributed by atoms with Crippen LogP contribution in [0.3, 0.4) is 0 Å². The highest BCUT2D eigenvalue weighted by Gasteiger charge is 2.06. The number of para-hydroxylation sites is 1. The zero-order valence-corrected chi connectivity index (χ0v) is 13.7. The van der Waals surface area contributed by atoms with Gasteiger partial charge in [0.25, 0.3) is 0 Å². The van der Waals surface area contributed by atoms with Crippen molar-refractivity contribution in [1.29, 1.82) is 0 Å². The number of aromatic nitrogens is 2. The van der Waals surface area contributed by atoms with Crippen molar-refractivity contribution in [3.8, 4) is 11.6 Å². The van der Waals surface area contributed by atoms with Crippen LogP contribution in [0.1, 0.15) is 5.56 Å². The lowest BCUT2D eigenvalue weighted by Crippen LogP contribution is -2.33. The minimum absolute atomic E-state index is 0.237. The average molecular weight is 338 g/mol. The average Bonchev–Trinajstić information content (AvgIpc) is 2.55. The SMILES string of the molecule is Cc1ccccc1OCC(O)CNCCOc1ccc(Cl)nn1. The summed E-state index contributed by atoms with van der Waals surface area (Å²) in [7, 11) is 0. The second kappa shape index (κ2) is 9.29. The summed E-state index contributed by atoms with van der Waals surface area (Å²) in [6.07, 6.45) is -0.593. The van der Waals surface area contributed by atoms with Crippen LogP contribution in [0.25, 0.3) is 0 Å². The van der Waals surface area contributed by atoms with E-state index in [4.69, 9.17) is 21.1 Å². The van der Waals surface area contributed by atoms with Gasteiger partial charge in [0.05, 0.1) is 0 Å². The lowest BCUT2D eigenvalue weighted by Gasteiger charge is -2.14. The van der Waals surface area contributed by atoms with E-state index >= 15 is 0 Å². The summed E-state index contributed by atoms with van der Waals surface area (Å²) in [5, 5.41) is 20.8. The highest BCUT2D eigenvalue weighted by Crippen LogP contribution is 2.16. The van der Waals surface area contributed by atoms with Crippen LogP contribution in [0.5, 0.6) is 11.6 Å². The molecule has 0 bridgehead atoms. The van der Waals surface area contributed by atoms with Crippen LogP contribution in [-0.2, 0) is 0 Å². The van der Waals surface area contributed by atoms with E-state index in [2.05, 4.69) is 15.5 Å². The minimum Gasteiger partial charge on any atom is -0.491 e. The molecule has 1 heterocycles. The Morgan fingerprint density at radius 1 is 1.17 bits per heavy atom. The number of ether oxygens (including phenoxy) is 2. The first-order valence-electron chi connectivity index (χ1n) is 7.34. The van der Waals surface area contributed by atoms with Gasteiger partial charge in [-0.1, -0.05) is 29.8 Å². The van der Waals surface area contributed by atoms with Gasteiger partial charge in [-0.2, -0.15) is 0 Å². The monoisotopic (exact) mass is 337 g/mol. The first-order valence-corrected chi connectivity index (χ1v) is 7.72. The molecule has 0 amide bonds. The van der Waals surface area contributed by atoms with E-state index in [0.717, 1.165) is 11.3 Å². The third-order valence-corrected chi connectivity index (χ3v) is 3.24. The van der Waals surface area contributed by atoms with E-state index in [1.54, 1.807) is 12.1 Å². The van der Waals surface area contributed by atoms with Crippen LogP contribution < -0.4 is 14.8 Å². The molecule has 1 aromatic heterocycles. The maximum atomic E-state index is 9.88. The number of aliphatic hydroxyl groups excluding tert-OH is 1. The highest BCUT2D eigenvalue weighted by molar-refractivity contribution is 6.29. The van der Waals surface area contributed by atoms with E-state index in [1.165, 1.54) is 0 Å². The van der Waals surface area contributed by atoms with Gasteiger partial charge in [-0.25, -0.2) is 0 Å². The van der Waals surface area contributed by atoms with Gasteiger partial charge in [-0.05, 0) is 24.6 Å². The van der Waals surface area contributed by atoms with Crippen molar-refractivity contribution in [2.75, 3.05) is 26.3 Å². The zero-order valence-electron chi connectivity index (χ0n) is 12.9. The summed E-state index contributed by atoms with van der Waals surface area (Å²) in [5.41, 5.74) is 1.05. The van der Waals surface area contributed by atoms with E-state index in [-0.39, 0.29) is 6.61 Å². The predicted molar refractivity (Wildman–Crippen MR) is 88.1 cm³/mol. The van der Waals surface area contributed by atoms with E-state index in [0.29, 0.717) is 30.7 Å². The molecule has 0 aliphatic rings. The Morgan fingerprint density at radius 3 is 2.74 bits per heavy atom. The van der Waals surface area contributed by atoms with Crippen LogP contribution in [0.15, 0.2) is 36.4 Å². The van der Waals surface area contributed by atoms with E-state index in [1.807, 2.05) is 31.2 Å². The van der Waals surface area contributed by atoms with Crippen molar-refractivity contribution in [2.24, 2.45) is 0 Å². The number of nitrogens with one attached hydrogen (secondary N) is 1. The van der Waals surface area contributed by atoms with Gasteiger partial charge >= 0.3 is 0 Å². The van der Waals surface area contributed by atoms with Gasteiger partial charge < -0.3 is 19.9 Å². The first-order chi connectivity index (χ1) is 11.1. The Labute approximate surface area is 140 Å². The molecule has 0 fully saturated rings. The molecule has 1 atom stereocenters. The summed E-state index contributed by atoms with van der Waals surface area (Å²) in [6, 6.07) is 11.0. The fourth-order valence-electron chi connectivity index (χ4n) is 1.84. The lowest BCUT2D eigenvalue weighted by molar-refractivity contribution is 0.105. The standard InChI is InChI=1S/C16H20ClN3O3/c1-12-4-2-3-5-14(12)23-11-13(21)10-18-8-9-22-16-7-6-15(17)19-20-16/h2-7,13,18,21H,8-11H2,1H3. The zero-order chi connectivity index (χ0) is 16.5. The van der Waals surface area contributed by atoms with Crippen LogP contribution in [0.2, 0.25) is 5.15 Å². The second-order valence-corrected chi connectivity index (χ2v) is 5.36. The molecule has 1 aromatic carbocycles. The summed E-state index contributed by atoms with van der Waals surface area (Å²) in [4.78, 5) is 0. The van der Waals surface area contributed by atoms with Crippen LogP contribution in [-0.4, -0.2) is 47.7 Å². The molecule has 0 saturated heterocycles. The molecule has 2 rings (SSSR count). The third-order valence-electron chi connectivity index (χ3n) is 3.04. The fourth-order valence-corrected chi connectivity index (χ4v) is 1.94. The van der Waals surface area contributed by atoms with Crippen molar-refractivity contribution in [1.82, 2.24) is 15.5 Å². The maximum Gasteiger partial charge on any atom is 0.233 e. The van der Waals surface area contributed by atoms with Gasteiger partial charge in [-0.15, -0.1) is 10.2 Å². The highest BCUT2D eigenvalue weighted by atomic mass is 35.5. The number of halogens is 1. The van der Waals surface area contributed by atoms with Crippen LogP contribution in [0, 0.1) is 6.92 Å². The molecular formula is C16H20ClN3O3. The topological polar surface area (TPSA) is 76.5 Å². The Morgan fingerprint density at radius 2 is 2.00 bits per heavy atom. The van der Waals surface area contributed by atoms with Gasteiger partial charge in [-0.3, -0.25) is 0 Å². The summed E-state index contributed by atoms with van der Waals surface area (Å²) < 4.78 is 11.0. The molecule has 2 aromatic rings. The maximum absolute atomic E-state index is 9.88. The molecule has 124 valence electrons. The second-order valence-electron chi connectivity index (χ2n) is 4.98. The quantitative estimate of drug-likeness (QED) is 0.680. The Hall–Kier alpha value is -1.89. The molecule has 23 heavy (non-hydrogen) atoms. The molecule has 6 nitrogen and oxygen atoms in total. The smallest absolute Gasteiger partial charge is 0.233 e. The fraction of sp³-hybridized carbons (Fsp3) is 0.375. The van der Waals surface area contributed by atoms with Crippen molar-refractivity contribution in [3.63, 3.8) is 0 Å². The van der Waals surface area contributed by atoms with Crippen molar-refractivity contribution >= 4 is 11.6 Å². The summed E-state index contributed by atoms with van der Waals surface area (Å²) in [5.74, 6) is 1.20. The van der Waals surface area contributed by atoms with Gasteiger partial charge in [0.15, 0.2) is 5.15 Å². The first kappa shape index (κ1) is 17.5. The largest absolute Gasteiger partial charge is 0.491 e. The summed E-state index contributed by atoms with van der Waals surface area (Å²) in [6.45, 7) is 3.62. The molecule has 0 aliphatic carbocycles.